The second-order valence-corrected chi connectivity index (χ2v) is 8.85. The third-order valence-electron chi connectivity index (χ3n) is 5.27. The van der Waals surface area contributed by atoms with Crippen molar-refractivity contribution in [1.82, 2.24) is 9.80 Å². The molecule has 1 N–H and O–H groups in total. The van der Waals surface area contributed by atoms with Crippen molar-refractivity contribution < 1.29 is 24.2 Å². The van der Waals surface area contributed by atoms with Gasteiger partial charge in [0.25, 0.3) is 5.91 Å². The van der Waals surface area contributed by atoms with E-state index in [-0.39, 0.29) is 17.7 Å². The highest BCUT2D eigenvalue weighted by molar-refractivity contribution is 8.26. The van der Waals surface area contributed by atoms with Crippen molar-refractivity contribution in [3.8, 4) is 5.75 Å². The van der Waals surface area contributed by atoms with Crippen LogP contribution in [0.2, 0.25) is 0 Å². The van der Waals surface area contributed by atoms with Crippen molar-refractivity contribution in [2.24, 2.45) is 5.92 Å². The molecule has 0 aliphatic carbocycles. The number of amides is 2. The Kier molecular flexibility index (Phi) is 7.49. The zero-order chi connectivity index (χ0) is 21.7. The number of rotatable bonds is 7. The van der Waals surface area contributed by atoms with E-state index in [4.69, 9.17) is 22.1 Å². The highest BCUT2D eigenvalue weighted by Crippen LogP contribution is 2.34. The van der Waals surface area contributed by atoms with Gasteiger partial charge in [-0.05, 0) is 31.4 Å². The van der Waals surface area contributed by atoms with Gasteiger partial charge in [-0.3, -0.25) is 19.3 Å². The number of piperidine rings is 1. The molecule has 2 aliphatic rings. The van der Waals surface area contributed by atoms with Gasteiger partial charge in [-0.25, -0.2) is 0 Å². The Morgan fingerprint density at radius 3 is 2.67 bits per heavy atom. The van der Waals surface area contributed by atoms with Crippen LogP contribution in [0.15, 0.2) is 29.2 Å². The Morgan fingerprint density at radius 2 is 2.00 bits per heavy atom. The number of carbonyl (C=O) groups is 3. The summed E-state index contributed by atoms with van der Waals surface area (Å²) in [6.45, 7) is 1.32. The molecule has 0 atom stereocenters. The van der Waals surface area contributed by atoms with Gasteiger partial charge in [-0.1, -0.05) is 42.2 Å². The highest BCUT2D eigenvalue weighted by Gasteiger charge is 2.32. The van der Waals surface area contributed by atoms with Crippen LogP contribution in [0.5, 0.6) is 5.75 Å². The van der Waals surface area contributed by atoms with E-state index in [1.807, 2.05) is 24.3 Å². The summed E-state index contributed by atoms with van der Waals surface area (Å²) < 4.78 is 5.81. The number of ether oxygens (including phenoxy) is 1. The number of methoxy groups -OCH3 is 1. The fourth-order valence-electron chi connectivity index (χ4n) is 3.54. The quantitative estimate of drug-likeness (QED) is 0.507. The van der Waals surface area contributed by atoms with E-state index in [1.54, 1.807) is 18.1 Å². The number of nitrogens with zero attached hydrogens (tertiary/aromatic N) is 2. The van der Waals surface area contributed by atoms with Crippen molar-refractivity contribution in [2.45, 2.75) is 25.7 Å². The lowest BCUT2D eigenvalue weighted by Crippen LogP contribution is -2.40. The van der Waals surface area contributed by atoms with Crippen molar-refractivity contribution in [1.29, 1.82) is 0 Å². The van der Waals surface area contributed by atoms with E-state index >= 15 is 0 Å². The zero-order valence-electron chi connectivity index (χ0n) is 16.7. The standard InChI is InChI=1S/C21H24N2O5S2/c1-28-16-6-3-2-5-15(16)13-17-19(25)23(21(29)30-17)10-4-7-18(24)22-11-8-14(9-12-22)20(26)27/h2-3,5-6,13-14H,4,7-12H2,1H3,(H,26,27). The molecule has 0 aromatic heterocycles. The number of hydrogen-bond acceptors (Lipinski definition) is 6. The number of hydrogen-bond donors (Lipinski definition) is 1. The van der Waals surface area contributed by atoms with Crippen molar-refractivity contribution >= 4 is 52.2 Å². The normalized spacial score (nSPS) is 18.9. The molecule has 2 heterocycles. The molecule has 0 saturated carbocycles. The van der Waals surface area contributed by atoms with Crippen LogP contribution in [-0.4, -0.2) is 63.8 Å². The van der Waals surface area contributed by atoms with Gasteiger partial charge in [0.1, 0.15) is 10.1 Å². The first-order valence-corrected chi connectivity index (χ1v) is 11.0. The fourth-order valence-corrected chi connectivity index (χ4v) is 4.84. The lowest BCUT2D eigenvalue weighted by Gasteiger charge is -2.30. The molecule has 7 nitrogen and oxygen atoms in total. The van der Waals surface area contributed by atoms with Gasteiger partial charge < -0.3 is 14.7 Å². The van der Waals surface area contributed by atoms with Crippen LogP contribution in [-0.2, 0) is 14.4 Å². The van der Waals surface area contributed by atoms with Gasteiger partial charge >= 0.3 is 5.97 Å². The molecule has 2 fully saturated rings. The predicted octanol–water partition coefficient (Wildman–Crippen LogP) is 3.00. The molecular weight excluding hydrogens is 424 g/mol. The molecule has 9 heteroatoms. The molecule has 2 saturated heterocycles. The number of thioether (sulfide) groups is 1. The first-order valence-electron chi connectivity index (χ1n) is 9.79. The lowest BCUT2D eigenvalue weighted by atomic mass is 9.97. The molecule has 2 amide bonds. The third kappa shape index (κ3) is 5.20. The van der Waals surface area contributed by atoms with Gasteiger partial charge in [0.15, 0.2) is 0 Å². The van der Waals surface area contributed by atoms with E-state index in [0.29, 0.717) is 60.3 Å². The molecule has 0 bridgehead atoms. The molecule has 0 spiro atoms. The van der Waals surface area contributed by atoms with Crippen molar-refractivity contribution in [3.05, 3.63) is 34.7 Å². The number of carboxylic acids is 1. The van der Waals surface area contributed by atoms with Crippen molar-refractivity contribution in [2.75, 3.05) is 26.7 Å². The maximum absolute atomic E-state index is 12.8. The number of para-hydroxylation sites is 1. The van der Waals surface area contributed by atoms with Crippen LogP contribution in [0.3, 0.4) is 0 Å². The van der Waals surface area contributed by atoms with Gasteiger partial charge in [0, 0.05) is 31.6 Å². The van der Waals surface area contributed by atoms with Crippen molar-refractivity contribution in [3.63, 3.8) is 0 Å². The summed E-state index contributed by atoms with van der Waals surface area (Å²) in [6.07, 6.45) is 3.56. The Balaban J connectivity index is 1.52. The molecule has 1 aromatic carbocycles. The Hall–Kier alpha value is -2.39. The summed E-state index contributed by atoms with van der Waals surface area (Å²) in [5.74, 6) is -0.642. The topological polar surface area (TPSA) is 87.2 Å². The van der Waals surface area contributed by atoms with Gasteiger partial charge in [-0.15, -0.1) is 0 Å². The minimum absolute atomic E-state index is 0.00570. The van der Waals surface area contributed by atoms with E-state index in [0.717, 1.165) is 5.56 Å². The van der Waals surface area contributed by atoms with Crippen LogP contribution in [0.1, 0.15) is 31.2 Å². The maximum atomic E-state index is 12.8. The Bertz CT molecular complexity index is 878. The minimum Gasteiger partial charge on any atom is -0.496 e. The average Bonchev–Trinajstić information content (AvgIpc) is 3.01. The zero-order valence-corrected chi connectivity index (χ0v) is 18.3. The third-order valence-corrected chi connectivity index (χ3v) is 6.65. The van der Waals surface area contributed by atoms with E-state index in [1.165, 1.54) is 16.7 Å². The number of thiocarbonyl (C=S) groups is 1. The number of aliphatic carboxylic acids is 1. The summed E-state index contributed by atoms with van der Waals surface area (Å²) in [5.41, 5.74) is 0.806. The second-order valence-electron chi connectivity index (χ2n) is 7.17. The first kappa shape index (κ1) is 22.3. The lowest BCUT2D eigenvalue weighted by molar-refractivity contribution is -0.145. The molecule has 2 aliphatic heterocycles. The number of likely N-dealkylation sites (tertiary alicyclic amines) is 1. The summed E-state index contributed by atoms with van der Waals surface area (Å²) in [7, 11) is 1.58. The molecule has 0 unspecified atom stereocenters. The summed E-state index contributed by atoms with van der Waals surface area (Å²) in [4.78, 5) is 40.0. The highest BCUT2D eigenvalue weighted by atomic mass is 32.2. The SMILES string of the molecule is COc1ccccc1C=C1SC(=S)N(CCCC(=O)N2CCC(C(=O)O)CC2)C1=O. The average molecular weight is 449 g/mol. The maximum Gasteiger partial charge on any atom is 0.306 e. The van der Waals surface area contributed by atoms with Crippen LogP contribution in [0.4, 0.5) is 0 Å². The molecule has 160 valence electrons. The minimum atomic E-state index is -0.794. The summed E-state index contributed by atoms with van der Waals surface area (Å²) in [6, 6.07) is 7.44. The largest absolute Gasteiger partial charge is 0.496 e. The molecule has 3 rings (SSSR count). The van der Waals surface area contributed by atoms with Gasteiger partial charge in [0.2, 0.25) is 5.91 Å². The van der Waals surface area contributed by atoms with Gasteiger partial charge in [0.05, 0.1) is 17.9 Å². The Labute approximate surface area is 185 Å². The van der Waals surface area contributed by atoms with Gasteiger partial charge in [-0.2, -0.15) is 0 Å². The number of benzene rings is 1. The molecule has 30 heavy (non-hydrogen) atoms. The first-order chi connectivity index (χ1) is 14.4. The monoisotopic (exact) mass is 448 g/mol. The Morgan fingerprint density at radius 1 is 1.30 bits per heavy atom. The van der Waals surface area contributed by atoms with E-state index in [9.17, 15) is 14.4 Å². The number of carbonyl (C=O) groups excluding carboxylic acids is 2. The fraction of sp³-hybridized carbons (Fsp3) is 0.429. The van der Waals surface area contributed by atoms with E-state index < -0.39 is 5.97 Å². The van der Waals surface area contributed by atoms with E-state index in [2.05, 4.69) is 0 Å². The molecule has 1 aromatic rings. The smallest absolute Gasteiger partial charge is 0.306 e. The number of carboxylic acid groups (broad SMARTS) is 1. The van der Waals surface area contributed by atoms with Crippen LogP contribution < -0.4 is 4.74 Å². The van der Waals surface area contributed by atoms with Crippen LogP contribution in [0.25, 0.3) is 6.08 Å². The molecule has 0 radical (unpaired) electrons. The van der Waals surface area contributed by atoms with Crippen LogP contribution in [0, 0.1) is 5.92 Å². The molecular formula is C21H24N2O5S2. The van der Waals surface area contributed by atoms with Crippen LogP contribution >= 0.6 is 24.0 Å². The summed E-state index contributed by atoms with van der Waals surface area (Å²) >= 11 is 6.61. The second kappa shape index (κ2) is 10.1. The predicted molar refractivity (Wildman–Crippen MR) is 119 cm³/mol. The summed E-state index contributed by atoms with van der Waals surface area (Å²) in [5, 5.41) is 9.05.